The summed E-state index contributed by atoms with van der Waals surface area (Å²) in [6, 6.07) is 11.8. The molecule has 0 fully saturated rings. The van der Waals surface area contributed by atoms with Crippen molar-refractivity contribution in [3.63, 3.8) is 0 Å². The van der Waals surface area contributed by atoms with E-state index < -0.39 is 18.5 Å². The molecule has 0 aliphatic carbocycles. The Morgan fingerprint density at radius 2 is 1.70 bits per heavy atom. The molecule has 2 N–H and O–H groups in total. The Balaban J connectivity index is 1.78. The predicted molar refractivity (Wildman–Crippen MR) is 102 cm³/mol. The summed E-state index contributed by atoms with van der Waals surface area (Å²) in [4.78, 5) is 34.7. The second kappa shape index (κ2) is 9.59. The molecule has 0 radical (unpaired) electrons. The van der Waals surface area contributed by atoms with Crippen molar-refractivity contribution in [1.82, 2.24) is 0 Å². The molecule has 0 aliphatic heterocycles. The maximum Gasteiger partial charge on any atom is 0.344 e. The third kappa shape index (κ3) is 6.99. The topological polar surface area (TPSA) is 93.7 Å². The van der Waals surface area contributed by atoms with Crippen molar-refractivity contribution in [2.24, 2.45) is 0 Å². The van der Waals surface area contributed by atoms with Gasteiger partial charge in [0.15, 0.2) is 13.2 Å². The van der Waals surface area contributed by atoms with Crippen LogP contribution in [0.3, 0.4) is 0 Å². The maximum absolute atomic E-state index is 11.9. The molecule has 7 nitrogen and oxygen atoms in total. The fourth-order valence-electron chi connectivity index (χ4n) is 2.12. The third-order valence-corrected chi connectivity index (χ3v) is 3.58. The van der Waals surface area contributed by atoms with Crippen LogP contribution in [0.15, 0.2) is 42.5 Å². The highest BCUT2D eigenvalue weighted by Gasteiger charge is 2.11. The van der Waals surface area contributed by atoms with Crippen molar-refractivity contribution in [2.75, 3.05) is 23.8 Å². The minimum Gasteiger partial charge on any atom is -0.480 e. The van der Waals surface area contributed by atoms with Crippen LogP contribution in [0.4, 0.5) is 11.4 Å². The Labute approximate surface area is 161 Å². The lowest BCUT2D eigenvalue weighted by Gasteiger charge is -2.10. The number of amides is 2. The van der Waals surface area contributed by atoms with Gasteiger partial charge in [-0.2, -0.15) is 0 Å². The zero-order valence-electron chi connectivity index (χ0n) is 14.9. The number of aryl methyl sites for hydroxylation is 1. The monoisotopic (exact) mass is 390 g/mol. The summed E-state index contributed by atoms with van der Waals surface area (Å²) in [5.74, 6) is -1.07. The van der Waals surface area contributed by atoms with E-state index in [-0.39, 0.29) is 12.5 Å². The highest BCUT2D eigenvalue weighted by atomic mass is 35.5. The largest absolute Gasteiger partial charge is 0.480 e. The second-order valence-electron chi connectivity index (χ2n) is 5.69. The van der Waals surface area contributed by atoms with E-state index in [2.05, 4.69) is 10.6 Å². The molecule has 8 heteroatoms. The summed E-state index contributed by atoms with van der Waals surface area (Å²) >= 11 is 5.97. The van der Waals surface area contributed by atoms with E-state index in [1.54, 1.807) is 36.4 Å². The van der Waals surface area contributed by atoms with E-state index in [0.717, 1.165) is 5.56 Å². The standard InChI is InChI=1S/C19H19ClN2O5/c1-12-6-7-16(20)17(8-12)26-11-19(25)27-10-18(24)22-15-5-3-4-14(9-15)21-13(2)23/h3-9H,10-11H2,1-2H3,(H,21,23)(H,22,24). The number of benzene rings is 2. The number of ether oxygens (including phenoxy) is 2. The average Bonchev–Trinajstić information content (AvgIpc) is 2.60. The first-order valence-electron chi connectivity index (χ1n) is 8.05. The van der Waals surface area contributed by atoms with Gasteiger partial charge in [0, 0.05) is 18.3 Å². The normalized spacial score (nSPS) is 10.0. The molecule has 0 heterocycles. The number of hydrogen-bond acceptors (Lipinski definition) is 5. The highest BCUT2D eigenvalue weighted by Crippen LogP contribution is 2.25. The zero-order chi connectivity index (χ0) is 19.8. The van der Waals surface area contributed by atoms with Crippen molar-refractivity contribution in [1.29, 1.82) is 0 Å². The molecule has 0 saturated heterocycles. The maximum atomic E-state index is 11.9. The quantitative estimate of drug-likeness (QED) is 0.708. The van der Waals surface area contributed by atoms with E-state index in [0.29, 0.717) is 22.1 Å². The summed E-state index contributed by atoms with van der Waals surface area (Å²) in [7, 11) is 0. The van der Waals surface area contributed by atoms with Crippen molar-refractivity contribution in [3.8, 4) is 5.75 Å². The molecule has 2 rings (SSSR count). The van der Waals surface area contributed by atoms with Gasteiger partial charge < -0.3 is 20.1 Å². The molecule has 2 amide bonds. The molecule has 0 aliphatic rings. The lowest BCUT2D eigenvalue weighted by molar-refractivity contribution is -0.149. The first-order chi connectivity index (χ1) is 12.8. The number of esters is 1. The Bertz CT molecular complexity index is 854. The van der Waals surface area contributed by atoms with Crippen molar-refractivity contribution >= 4 is 40.8 Å². The molecule has 0 saturated carbocycles. The minimum atomic E-state index is -0.699. The van der Waals surface area contributed by atoms with E-state index >= 15 is 0 Å². The fraction of sp³-hybridized carbons (Fsp3) is 0.211. The van der Waals surface area contributed by atoms with Crippen molar-refractivity contribution in [2.45, 2.75) is 13.8 Å². The van der Waals surface area contributed by atoms with Crippen LogP contribution in [0.2, 0.25) is 5.02 Å². The SMILES string of the molecule is CC(=O)Nc1cccc(NC(=O)COC(=O)COc2cc(C)ccc2Cl)c1. The zero-order valence-corrected chi connectivity index (χ0v) is 15.6. The third-order valence-electron chi connectivity index (χ3n) is 3.26. The molecule has 27 heavy (non-hydrogen) atoms. The smallest absolute Gasteiger partial charge is 0.344 e. The summed E-state index contributed by atoms with van der Waals surface area (Å²) in [6.45, 7) is 2.42. The van der Waals surface area contributed by atoms with E-state index in [9.17, 15) is 14.4 Å². The van der Waals surface area contributed by atoms with Crippen LogP contribution < -0.4 is 15.4 Å². The lowest BCUT2D eigenvalue weighted by Crippen LogP contribution is -2.23. The number of hydrogen-bond donors (Lipinski definition) is 2. The van der Waals surface area contributed by atoms with Crippen LogP contribution in [-0.4, -0.2) is 31.0 Å². The van der Waals surface area contributed by atoms with Gasteiger partial charge in [0.05, 0.1) is 5.02 Å². The Hall–Kier alpha value is -3.06. The first-order valence-corrected chi connectivity index (χ1v) is 8.43. The molecule has 0 aromatic heterocycles. The number of carbonyl (C=O) groups excluding carboxylic acids is 3. The van der Waals surface area contributed by atoms with Gasteiger partial charge in [0.1, 0.15) is 5.75 Å². The average molecular weight is 391 g/mol. The molecule has 142 valence electrons. The van der Waals surface area contributed by atoms with Crippen LogP contribution >= 0.6 is 11.6 Å². The van der Waals surface area contributed by atoms with Crippen LogP contribution in [0.1, 0.15) is 12.5 Å². The predicted octanol–water partition coefficient (Wildman–Crippen LogP) is 3.17. The van der Waals surface area contributed by atoms with Crippen LogP contribution in [0.25, 0.3) is 0 Å². The molecule has 0 unspecified atom stereocenters. The highest BCUT2D eigenvalue weighted by molar-refractivity contribution is 6.32. The Morgan fingerprint density at radius 1 is 1.00 bits per heavy atom. The van der Waals surface area contributed by atoms with Gasteiger partial charge in [-0.25, -0.2) is 4.79 Å². The molecule has 0 bridgehead atoms. The van der Waals surface area contributed by atoms with Crippen LogP contribution in [0, 0.1) is 6.92 Å². The van der Waals surface area contributed by atoms with Gasteiger partial charge in [-0.15, -0.1) is 0 Å². The number of carbonyl (C=O) groups is 3. The molecule has 2 aromatic rings. The second-order valence-corrected chi connectivity index (χ2v) is 6.10. The first kappa shape index (κ1) is 20.3. The summed E-state index contributed by atoms with van der Waals surface area (Å²) in [6.07, 6.45) is 0. The number of rotatable bonds is 7. The molecule has 2 aromatic carbocycles. The Morgan fingerprint density at radius 3 is 2.41 bits per heavy atom. The summed E-state index contributed by atoms with van der Waals surface area (Å²) in [5.41, 5.74) is 1.94. The Kier molecular flexibility index (Phi) is 7.19. The lowest BCUT2D eigenvalue weighted by atomic mass is 10.2. The molecular formula is C19H19ClN2O5. The van der Waals surface area contributed by atoms with Gasteiger partial charge in [-0.3, -0.25) is 9.59 Å². The van der Waals surface area contributed by atoms with Gasteiger partial charge in [-0.05, 0) is 42.8 Å². The van der Waals surface area contributed by atoms with E-state index in [1.165, 1.54) is 6.92 Å². The van der Waals surface area contributed by atoms with Crippen molar-refractivity contribution < 1.29 is 23.9 Å². The van der Waals surface area contributed by atoms with Gasteiger partial charge in [-0.1, -0.05) is 23.7 Å². The summed E-state index contributed by atoms with van der Waals surface area (Å²) in [5, 5.41) is 5.56. The van der Waals surface area contributed by atoms with E-state index in [1.807, 2.05) is 13.0 Å². The van der Waals surface area contributed by atoms with Gasteiger partial charge >= 0.3 is 5.97 Å². The van der Waals surface area contributed by atoms with Gasteiger partial charge in [0.2, 0.25) is 5.91 Å². The molecular weight excluding hydrogens is 372 g/mol. The number of nitrogens with one attached hydrogen (secondary N) is 2. The molecule has 0 spiro atoms. The van der Waals surface area contributed by atoms with Crippen molar-refractivity contribution in [3.05, 3.63) is 53.1 Å². The molecule has 0 atom stereocenters. The minimum absolute atomic E-state index is 0.221. The number of halogens is 1. The van der Waals surface area contributed by atoms with E-state index in [4.69, 9.17) is 21.1 Å². The summed E-state index contributed by atoms with van der Waals surface area (Å²) < 4.78 is 10.2. The van der Waals surface area contributed by atoms with Crippen LogP contribution in [-0.2, 0) is 19.1 Å². The fourth-order valence-corrected chi connectivity index (χ4v) is 2.29. The number of anilines is 2. The van der Waals surface area contributed by atoms with Crippen LogP contribution in [0.5, 0.6) is 5.75 Å². The van der Waals surface area contributed by atoms with Gasteiger partial charge in [0.25, 0.3) is 5.91 Å².